The summed E-state index contributed by atoms with van der Waals surface area (Å²) >= 11 is 0. The quantitative estimate of drug-likeness (QED) is 0.465. The zero-order valence-electron chi connectivity index (χ0n) is 16.7. The Morgan fingerprint density at radius 1 is 0.714 bits per heavy atom. The van der Waals surface area contributed by atoms with E-state index in [-0.39, 0.29) is 12.8 Å². The fourth-order valence-electron chi connectivity index (χ4n) is 2.75. The van der Waals surface area contributed by atoms with E-state index < -0.39 is 0 Å². The predicted molar refractivity (Wildman–Crippen MR) is 113 cm³/mol. The highest BCUT2D eigenvalue weighted by molar-refractivity contribution is 5.92. The first kappa shape index (κ1) is 20.7. The maximum atomic E-state index is 9.15. The van der Waals surface area contributed by atoms with E-state index >= 15 is 0 Å². The number of hydrogen-bond acceptors (Lipinski definition) is 4. The monoisotopic (exact) mass is 372 g/mol. The molecule has 0 spiro atoms. The van der Waals surface area contributed by atoms with Crippen LogP contribution in [0.15, 0.2) is 46.4 Å². The summed E-state index contributed by atoms with van der Waals surface area (Å²) < 4.78 is 0. The molecule has 2 aromatic carbocycles. The van der Waals surface area contributed by atoms with Crippen LogP contribution >= 0.6 is 0 Å². The number of amidine groups is 2. The molecule has 0 saturated heterocycles. The van der Waals surface area contributed by atoms with Gasteiger partial charge in [0.1, 0.15) is 11.7 Å². The molecule has 2 rings (SSSR count). The molecule has 0 atom stereocenters. The van der Waals surface area contributed by atoms with Gasteiger partial charge in [-0.2, -0.15) is 10.5 Å². The minimum absolute atomic E-state index is 0.101. The van der Waals surface area contributed by atoms with Crippen LogP contribution < -0.4 is 10.9 Å². The van der Waals surface area contributed by atoms with Gasteiger partial charge in [0.05, 0.1) is 36.4 Å². The van der Waals surface area contributed by atoms with Crippen molar-refractivity contribution in [2.24, 2.45) is 9.98 Å². The molecule has 0 bridgehead atoms. The van der Waals surface area contributed by atoms with Crippen LogP contribution in [0.25, 0.3) is 0 Å². The lowest BCUT2D eigenvalue weighted by atomic mass is 10.1. The number of aliphatic imine (C=N–C) groups is 2. The standard InChI is InChI=1S/C22H24N6/c1-15-7-5-8-16(2)21(15)25-19(11-13-23)27-28-20(12-14-24)26-22-17(3)9-6-10-18(22)4/h5-10H,11-12H2,1-4H3,(H,25,27)(H,26,28). The van der Waals surface area contributed by atoms with Crippen LogP contribution in [0.2, 0.25) is 0 Å². The third kappa shape index (κ3) is 5.43. The Morgan fingerprint density at radius 3 is 1.32 bits per heavy atom. The summed E-state index contributed by atoms with van der Waals surface area (Å²) in [6.45, 7) is 7.92. The molecule has 0 aliphatic rings. The number of nitrogens with one attached hydrogen (secondary N) is 2. The van der Waals surface area contributed by atoms with E-state index in [1.54, 1.807) is 0 Å². The van der Waals surface area contributed by atoms with Crippen molar-refractivity contribution < 1.29 is 0 Å². The Hall–Kier alpha value is -3.64. The summed E-state index contributed by atoms with van der Waals surface area (Å²) in [5.41, 5.74) is 11.7. The summed E-state index contributed by atoms with van der Waals surface area (Å²) in [5.74, 6) is 0.930. The highest BCUT2D eigenvalue weighted by Gasteiger charge is 2.07. The van der Waals surface area contributed by atoms with Gasteiger partial charge in [0.15, 0.2) is 0 Å². The first-order valence-electron chi connectivity index (χ1n) is 8.99. The first-order chi connectivity index (χ1) is 13.5. The van der Waals surface area contributed by atoms with Gasteiger partial charge in [0.25, 0.3) is 0 Å². The van der Waals surface area contributed by atoms with Crippen molar-refractivity contribution in [3.05, 3.63) is 58.7 Å². The van der Waals surface area contributed by atoms with Crippen LogP contribution in [0.5, 0.6) is 0 Å². The van der Waals surface area contributed by atoms with Gasteiger partial charge in [-0.05, 0) is 49.9 Å². The van der Waals surface area contributed by atoms with Gasteiger partial charge in [-0.25, -0.2) is 9.98 Å². The van der Waals surface area contributed by atoms with Gasteiger partial charge in [-0.15, -0.1) is 0 Å². The predicted octanol–water partition coefficient (Wildman–Crippen LogP) is 4.60. The van der Waals surface area contributed by atoms with Crippen LogP contribution in [-0.2, 0) is 0 Å². The van der Waals surface area contributed by atoms with Crippen LogP contribution in [0.3, 0.4) is 0 Å². The second-order valence-corrected chi connectivity index (χ2v) is 6.52. The maximum absolute atomic E-state index is 9.15. The molecular weight excluding hydrogens is 348 g/mol. The summed E-state index contributed by atoms with van der Waals surface area (Å²) in [4.78, 5) is 9.21. The van der Waals surface area contributed by atoms with E-state index in [2.05, 4.69) is 33.0 Å². The minimum atomic E-state index is 0.101. The van der Waals surface area contributed by atoms with Gasteiger partial charge < -0.3 is 0 Å². The third-order valence-electron chi connectivity index (χ3n) is 4.22. The highest BCUT2D eigenvalue weighted by Crippen LogP contribution is 2.24. The summed E-state index contributed by atoms with van der Waals surface area (Å²) in [5, 5.41) is 18.3. The number of hydrazine groups is 1. The largest absolute Gasteiger partial charge is 0.286 e. The second kappa shape index (κ2) is 9.89. The minimum Gasteiger partial charge on any atom is -0.286 e. The van der Waals surface area contributed by atoms with Crippen molar-refractivity contribution in [3.63, 3.8) is 0 Å². The van der Waals surface area contributed by atoms with Gasteiger partial charge in [-0.3, -0.25) is 10.9 Å². The number of nitrogens with zero attached hydrogens (tertiary/aromatic N) is 4. The lowest BCUT2D eigenvalue weighted by molar-refractivity contribution is 0.837. The fourth-order valence-corrected chi connectivity index (χ4v) is 2.75. The van der Waals surface area contributed by atoms with Crippen molar-refractivity contribution in [1.82, 2.24) is 10.9 Å². The molecule has 0 aromatic heterocycles. The molecule has 28 heavy (non-hydrogen) atoms. The highest BCUT2D eigenvalue weighted by atomic mass is 15.4. The lowest BCUT2D eigenvalue weighted by Gasteiger charge is -2.13. The third-order valence-corrected chi connectivity index (χ3v) is 4.22. The van der Waals surface area contributed by atoms with Gasteiger partial charge in [-0.1, -0.05) is 36.4 Å². The Kier molecular flexibility index (Phi) is 7.30. The Labute approximate surface area is 166 Å². The SMILES string of the molecule is Cc1cccc(C)c1N=C(CC#N)NNC(CC#N)=Nc1c(C)cccc1C. The van der Waals surface area contributed by atoms with Crippen molar-refractivity contribution in [1.29, 1.82) is 10.5 Å². The second-order valence-electron chi connectivity index (χ2n) is 6.52. The van der Waals surface area contributed by atoms with E-state index in [9.17, 15) is 0 Å². The van der Waals surface area contributed by atoms with Gasteiger partial charge in [0, 0.05) is 0 Å². The van der Waals surface area contributed by atoms with Crippen molar-refractivity contribution >= 4 is 23.0 Å². The molecule has 6 nitrogen and oxygen atoms in total. The molecular formula is C22H24N6. The Morgan fingerprint density at radius 2 is 1.04 bits per heavy atom. The van der Waals surface area contributed by atoms with E-state index in [0.717, 1.165) is 33.6 Å². The Bertz CT molecular complexity index is 867. The molecule has 0 fully saturated rings. The topological polar surface area (TPSA) is 96.4 Å². The van der Waals surface area contributed by atoms with Crippen molar-refractivity contribution in [2.45, 2.75) is 40.5 Å². The van der Waals surface area contributed by atoms with Crippen LogP contribution in [-0.4, -0.2) is 11.7 Å². The molecule has 2 N–H and O–H groups in total. The lowest BCUT2D eigenvalue weighted by Crippen LogP contribution is -2.41. The number of nitriles is 2. The number of hydrogen-bond donors (Lipinski definition) is 2. The molecule has 0 amide bonds. The zero-order valence-corrected chi connectivity index (χ0v) is 16.7. The number of rotatable bonds is 4. The molecule has 0 radical (unpaired) electrons. The van der Waals surface area contributed by atoms with E-state index in [0.29, 0.717) is 11.7 Å². The molecule has 0 heterocycles. The van der Waals surface area contributed by atoms with Crippen LogP contribution in [0.1, 0.15) is 35.1 Å². The summed E-state index contributed by atoms with van der Waals surface area (Å²) in [6, 6.07) is 16.1. The van der Waals surface area contributed by atoms with E-state index in [1.807, 2.05) is 64.1 Å². The fraction of sp³-hybridized carbons (Fsp3) is 0.273. The molecule has 142 valence electrons. The van der Waals surface area contributed by atoms with Crippen LogP contribution in [0, 0.1) is 50.4 Å². The maximum Gasteiger partial charge on any atom is 0.135 e. The molecule has 6 heteroatoms. The zero-order chi connectivity index (χ0) is 20.5. The molecule has 0 aliphatic heterocycles. The molecule has 0 saturated carbocycles. The number of aryl methyl sites for hydroxylation is 4. The average molecular weight is 372 g/mol. The Balaban J connectivity index is 2.29. The summed E-state index contributed by atoms with van der Waals surface area (Å²) in [6.07, 6.45) is 0.202. The first-order valence-corrected chi connectivity index (χ1v) is 8.99. The van der Waals surface area contributed by atoms with Crippen molar-refractivity contribution in [2.75, 3.05) is 0 Å². The molecule has 0 unspecified atom stereocenters. The molecule has 2 aromatic rings. The smallest absolute Gasteiger partial charge is 0.135 e. The van der Waals surface area contributed by atoms with E-state index in [1.165, 1.54) is 0 Å². The number of para-hydroxylation sites is 2. The molecule has 0 aliphatic carbocycles. The van der Waals surface area contributed by atoms with E-state index in [4.69, 9.17) is 10.5 Å². The van der Waals surface area contributed by atoms with Gasteiger partial charge >= 0.3 is 0 Å². The summed E-state index contributed by atoms with van der Waals surface area (Å²) in [7, 11) is 0. The van der Waals surface area contributed by atoms with Crippen LogP contribution in [0.4, 0.5) is 11.4 Å². The number of benzene rings is 2. The average Bonchev–Trinajstić information content (AvgIpc) is 2.65. The normalized spacial score (nSPS) is 11.5. The van der Waals surface area contributed by atoms with Gasteiger partial charge in [0.2, 0.25) is 0 Å². The van der Waals surface area contributed by atoms with Crippen molar-refractivity contribution in [3.8, 4) is 12.1 Å².